The molecular formula is C17H26N2O4S2. The van der Waals surface area contributed by atoms with E-state index in [1.54, 1.807) is 12.1 Å². The molecule has 0 spiro atoms. The Kier molecular flexibility index (Phi) is 6.42. The van der Waals surface area contributed by atoms with Gasteiger partial charge in [-0.15, -0.1) is 0 Å². The fourth-order valence-electron chi connectivity index (χ4n) is 2.88. The van der Waals surface area contributed by atoms with Gasteiger partial charge in [-0.25, -0.2) is 21.6 Å². The van der Waals surface area contributed by atoms with Crippen molar-refractivity contribution in [1.29, 1.82) is 0 Å². The summed E-state index contributed by atoms with van der Waals surface area (Å²) in [5, 5.41) is 0.862. The second kappa shape index (κ2) is 7.99. The van der Waals surface area contributed by atoms with Crippen molar-refractivity contribution in [2.24, 2.45) is 5.92 Å². The van der Waals surface area contributed by atoms with E-state index in [0.29, 0.717) is 25.4 Å². The molecule has 0 radical (unpaired) electrons. The minimum Gasteiger partial charge on any atom is -0.211 e. The molecule has 1 atom stereocenters. The highest BCUT2D eigenvalue weighted by Crippen LogP contribution is 2.25. The van der Waals surface area contributed by atoms with Gasteiger partial charge in [0.2, 0.25) is 20.0 Å². The Morgan fingerprint density at radius 3 is 2.44 bits per heavy atom. The number of hydrogen-bond donors (Lipinski definition) is 1. The molecule has 0 amide bonds. The molecule has 1 aliphatic rings. The lowest BCUT2D eigenvalue weighted by atomic mass is 10.0. The van der Waals surface area contributed by atoms with Crippen LogP contribution in [-0.2, 0) is 20.0 Å². The maximum Gasteiger partial charge on any atom is 0.243 e. The quantitative estimate of drug-likeness (QED) is 0.779. The van der Waals surface area contributed by atoms with E-state index in [1.807, 2.05) is 12.1 Å². The second-order valence-electron chi connectivity index (χ2n) is 6.66. The van der Waals surface area contributed by atoms with Crippen LogP contribution in [0.5, 0.6) is 0 Å². The summed E-state index contributed by atoms with van der Waals surface area (Å²) in [5.74, 6) is 0.294. The summed E-state index contributed by atoms with van der Waals surface area (Å²) in [6.07, 6.45) is 1.50. The lowest BCUT2D eigenvalue weighted by Gasteiger charge is -2.32. The Balaban J connectivity index is 2.09. The van der Waals surface area contributed by atoms with Crippen molar-refractivity contribution in [2.45, 2.75) is 37.5 Å². The van der Waals surface area contributed by atoms with Gasteiger partial charge < -0.3 is 0 Å². The molecule has 0 bridgehead atoms. The second-order valence-corrected chi connectivity index (χ2v) is 10.3. The molecule has 1 aliphatic heterocycles. The predicted octanol–water partition coefficient (Wildman–Crippen LogP) is 2.27. The summed E-state index contributed by atoms with van der Waals surface area (Å²) >= 11 is 0. The van der Waals surface area contributed by atoms with Crippen molar-refractivity contribution < 1.29 is 16.8 Å². The lowest BCUT2D eigenvalue weighted by molar-refractivity contribution is 0.267. The van der Waals surface area contributed by atoms with Gasteiger partial charge in [0.15, 0.2) is 0 Å². The average molecular weight is 387 g/mol. The average Bonchev–Trinajstić information content (AvgIpc) is 2.60. The number of rotatable bonds is 7. The summed E-state index contributed by atoms with van der Waals surface area (Å²) in [4.78, 5) is 0.282. The van der Waals surface area contributed by atoms with Crippen molar-refractivity contribution in [2.75, 3.05) is 19.6 Å². The molecule has 0 saturated carbocycles. The van der Waals surface area contributed by atoms with Gasteiger partial charge in [-0.05, 0) is 42.4 Å². The van der Waals surface area contributed by atoms with Gasteiger partial charge in [0.25, 0.3) is 0 Å². The van der Waals surface area contributed by atoms with Crippen LogP contribution in [0.1, 0.15) is 38.2 Å². The number of nitrogens with zero attached hydrogens (tertiary/aromatic N) is 1. The van der Waals surface area contributed by atoms with Crippen LogP contribution in [-0.4, -0.2) is 40.8 Å². The van der Waals surface area contributed by atoms with E-state index >= 15 is 0 Å². The van der Waals surface area contributed by atoms with Crippen LogP contribution in [0.15, 0.2) is 41.1 Å². The van der Waals surface area contributed by atoms with Gasteiger partial charge in [-0.3, -0.25) is 0 Å². The molecule has 1 heterocycles. The maximum atomic E-state index is 12.8. The van der Waals surface area contributed by atoms with Crippen molar-refractivity contribution >= 4 is 20.0 Å². The van der Waals surface area contributed by atoms with Gasteiger partial charge in [-0.1, -0.05) is 32.6 Å². The first-order chi connectivity index (χ1) is 11.7. The zero-order valence-electron chi connectivity index (χ0n) is 14.7. The van der Waals surface area contributed by atoms with Gasteiger partial charge in [0, 0.05) is 25.0 Å². The first-order valence-electron chi connectivity index (χ1n) is 8.38. The summed E-state index contributed by atoms with van der Waals surface area (Å²) in [6, 6.07) is 6.98. The Morgan fingerprint density at radius 2 is 1.88 bits per heavy atom. The van der Waals surface area contributed by atoms with Crippen LogP contribution in [0.4, 0.5) is 0 Å². The highest BCUT2D eigenvalue weighted by atomic mass is 32.2. The highest BCUT2D eigenvalue weighted by molar-refractivity contribution is 7.92. The molecule has 25 heavy (non-hydrogen) atoms. The third kappa shape index (κ3) is 5.13. The van der Waals surface area contributed by atoms with Crippen molar-refractivity contribution in [3.8, 4) is 0 Å². The number of benzene rings is 1. The van der Waals surface area contributed by atoms with Crippen LogP contribution < -0.4 is 4.72 Å². The van der Waals surface area contributed by atoms with Gasteiger partial charge in [0.1, 0.15) is 0 Å². The normalized spacial score (nSPS) is 19.9. The fourth-order valence-corrected chi connectivity index (χ4v) is 5.02. The van der Waals surface area contributed by atoms with Gasteiger partial charge >= 0.3 is 0 Å². The van der Waals surface area contributed by atoms with Crippen LogP contribution >= 0.6 is 0 Å². The third-order valence-electron chi connectivity index (χ3n) is 4.46. The van der Waals surface area contributed by atoms with Crippen LogP contribution in [0.3, 0.4) is 0 Å². The smallest absolute Gasteiger partial charge is 0.211 e. The van der Waals surface area contributed by atoms with Crippen LogP contribution in [0, 0.1) is 5.92 Å². The highest BCUT2D eigenvalue weighted by Gasteiger charge is 2.30. The largest absolute Gasteiger partial charge is 0.243 e. The van der Waals surface area contributed by atoms with Gasteiger partial charge in [-0.2, -0.15) is 4.31 Å². The molecule has 2 rings (SSSR count). The van der Waals surface area contributed by atoms with Crippen molar-refractivity contribution in [1.82, 2.24) is 9.03 Å². The van der Waals surface area contributed by atoms with Crippen molar-refractivity contribution in [3.63, 3.8) is 0 Å². The minimum absolute atomic E-state index is 0.0480. The number of sulfonamides is 2. The molecule has 1 saturated heterocycles. The zero-order valence-corrected chi connectivity index (χ0v) is 16.3. The molecule has 1 aromatic carbocycles. The Labute approximate surface area is 151 Å². The molecule has 0 aliphatic carbocycles. The summed E-state index contributed by atoms with van der Waals surface area (Å²) < 4.78 is 52.5. The zero-order chi connectivity index (χ0) is 18.7. The lowest BCUT2D eigenvalue weighted by Crippen LogP contribution is -2.43. The maximum absolute atomic E-state index is 12.8. The Bertz CT molecular complexity index is 800. The number of nitrogens with one attached hydrogen (secondary N) is 1. The minimum atomic E-state index is -3.56. The van der Waals surface area contributed by atoms with Crippen LogP contribution in [0.25, 0.3) is 0 Å². The molecule has 1 aromatic rings. The topological polar surface area (TPSA) is 83.6 Å². The summed E-state index contributed by atoms with van der Waals surface area (Å²) in [7, 11) is -7.05. The monoisotopic (exact) mass is 386 g/mol. The SMILES string of the molecule is C=CS(=O)(=O)NCC1CCCN(S(=O)(=O)c2ccc(C(C)C)cc2)C1. The van der Waals surface area contributed by atoms with E-state index < -0.39 is 20.0 Å². The van der Waals surface area contributed by atoms with Crippen LogP contribution in [0.2, 0.25) is 0 Å². The first kappa shape index (κ1) is 20.1. The molecule has 1 fully saturated rings. The standard InChI is InChI=1S/C17H26N2O4S2/c1-4-24(20,21)18-12-15-6-5-11-19(13-15)25(22,23)17-9-7-16(8-10-17)14(2)3/h4,7-10,14-15,18H,1,5-6,11-13H2,2-3H3. The third-order valence-corrected chi connectivity index (χ3v) is 7.35. The van der Waals surface area contributed by atoms with Crippen molar-refractivity contribution in [3.05, 3.63) is 41.8 Å². The number of piperidine rings is 1. The fraction of sp³-hybridized carbons (Fsp3) is 0.529. The first-order valence-corrected chi connectivity index (χ1v) is 11.4. The van der Waals surface area contributed by atoms with E-state index in [0.717, 1.165) is 17.4 Å². The molecule has 140 valence electrons. The molecular weight excluding hydrogens is 360 g/mol. The molecule has 8 heteroatoms. The molecule has 0 aromatic heterocycles. The molecule has 1 unspecified atom stereocenters. The summed E-state index contributed by atoms with van der Waals surface area (Å²) in [5.41, 5.74) is 1.09. The van der Waals surface area contributed by atoms with E-state index in [9.17, 15) is 16.8 Å². The van der Waals surface area contributed by atoms with E-state index in [-0.39, 0.29) is 17.4 Å². The molecule has 6 nitrogen and oxygen atoms in total. The van der Waals surface area contributed by atoms with Gasteiger partial charge in [0.05, 0.1) is 4.90 Å². The van der Waals surface area contributed by atoms with E-state index in [4.69, 9.17) is 0 Å². The molecule has 1 N–H and O–H groups in total. The van der Waals surface area contributed by atoms with E-state index in [2.05, 4.69) is 25.1 Å². The predicted molar refractivity (Wildman–Crippen MR) is 99.1 cm³/mol. The Hall–Kier alpha value is -1.22. The Morgan fingerprint density at radius 1 is 1.24 bits per heavy atom. The summed E-state index contributed by atoms with van der Waals surface area (Å²) in [6.45, 7) is 8.36. The van der Waals surface area contributed by atoms with E-state index in [1.165, 1.54) is 4.31 Å². The number of hydrogen-bond acceptors (Lipinski definition) is 4.